The first-order valence-electron chi connectivity index (χ1n) is 12.9. The monoisotopic (exact) mass is 583 g/mol. The first-order chi connectivity index (χ1) is 18.5. The Balaban J connectivity index is 1.77. The van der Waals surface area contributed by atoms with E-state index in [-0.39, 0.29) is 17.1 Å². The molecule has 212 valence electrons. The van der Waals surface area contributed by atoms with Crippen molar-refractivity contribution >= 4 is 30.6 Å². The number of benzene rings is 3. The van der Waals surface area contributed by atoms with Gasteiger partial charge in [-0.05, 0) is 74.2 Å². The molecule has 0 aliphatic heterocycles. The van der Waals surface area contributed by atoms with Crippen molar-refractivity contribution < 1.29 is 26.3 Å². The minimum atomic E-state index is -3.87. The molecule has 1 unspecified atom stereocenters. The summed E-state index contributed by atoms with van der Waals surface area (Å²) >= 11 is 0. The van der Waals surface area contributed by atoms with Gasteiger partial charge in [-0.1, -0.05) is 48.5 Å². The lowest BCUT2D eigenvalue weighted by molar-refractivity contribution is -0.00285. The maximum absolute atomic E-state index is 14.7. The first-order valence-corrected chi connectivity index (χ1v) is 16.4. The van der Waals surface area contributed by atoms with Gasteiger partial charge in [0.2, 0.25) is 0 Å². The average molecular weight is 584 g/mol. The summed E-state index contributed by atoms with van der Waals surface area (Å²) in [6.45, 7) is 6.02. The maximum Gasteiger partial charge on any atom is 0.182 e. The highest BCUT2D eigenvalue weighted by molar-refractivity contribution is 7.91. The highest BCUT2D eigenvalue weighted by atomic mass is 32.2. The van der Waals surface area contributed by atoms with E-state index in [4.69, 9.17) is 0 Å². The summed E-state index contributed by atoms with van der Waals surface area (Å²) < 4.78 is 65.8. The number of hydrogen-bond acceptors (Lipinski definition) is 6. The van der Waals surface area contributed by atoms with Crippen molar-refractivity contribution in [3.05, 3.63) is 95.7 Å². The molecule has 4 rings (SSSR count). The molecule has 0 fully saturated rings. The third kappa shape index (κ3) is 6.11. The zero-order chi connectivity index (χ0) is 29.5. The highest BCUT2D eigenvalue weighted by Gasteiger charge is 2.33. The number of hydrogen-bond donors (Lipinski definition) is 1. The highest BCUT2D eigenvalue weighted by Crippen LogP contribution is 2.37. The second kappa shape index (κ2) is 10.7. The fourth-order valence-corrected chi connectivity index (χ4v) is 6.68. The summed E-state index contributed by atoms with van der Waals surface area (Å²) in [5, 5.41) is 10.8. The van der Waals surface area contributed by atoms with Gasteiger partial charge in [0.05, 0.1) is 26.5 Å². The number of alkyl halides is 1. The van der Waals surface area contributed by atoms with Crippen molar-refractivity contribution in [3.63, 3.8) is 0 Å². The van der Waals surface area contributed by atoms with Crippen molar-refractivity contribution in [1.82, 2.24) is 4.98 Å². The molecule has 0 saturated heterocycles. The van der Waals surface area contributed by atoms with Gasteiger partial charge in [0.25, 0.3) is 0 Å². The Hall–Kier alpha value is -3.14. The molecule has 6 nitrogen and oxygen atoms in total. The van der Waals surface area contributed by atoms with Crippen LogP contribution in [0.15, 0.2) is 83.9 Å². The van der Waals surface area contributed by atoms with Crippen LogP contribution >= 0.6 is 0 Å². The lowest BCUT2D eigenvalue weighted by atomic mass is 9.93. The average Bonchev–Trinajstić information content (AvgIpc) is 2.87. The Morgan fingerprint density at radius 2 is 1.60 bits per heavy atom. The van der Waals surface area contributed by atoms with Crippen LogP contribution < -0.4 is 0 Å². The Morgan fingerprint density at radius 3 is 2.27 bits per heavy atom. The van der Waals surface area contributed by atoms with Gasteiger partial charge in [-0.3, -0.25) is 4.98 Å². The maximum atomic E-state index is 14.7. The van der Waals surface area contributed by atoms with Crippen molar-refractivity contribution in [1.29, 1.82) is 0 Å². The van der Waals surface area contributed by atoms with Gasteiger partial charge in [-0.25, -0.2) is 21.2 Å². The zero-order valence-corrected chi connectivity index (χ0v) is 24.9. The third-order valence-electron chi connectivity index (χ3n) is 7.40. The van der Waals surface area contributed by atoms with Gasteiger partial charge < -0.3 is 5.11 Å². The molecule has 0 aliphatic carbocycles. The van der Waals surface area contributed by atoms with Crippen molar-refractivity contribution in [2.75, 3.05) is 6.26 Å². The Labute approximate surface area is 235 Å². The van der Waals surface area contributed by atoms with Crippen LogP contribution in [-0.4, -0.2) is 45.0 Å². The van der Waals surface area contributed by atoms with Crippen LogP contribution in [0.1, 0.15) is 44.4 Å². The van der Waals surface area contributed by atoms with Crippen LogP contribution in [0.5, 0.6) is 0 Å². The standard InChI is InChI=1S/C31H34FNO5S2/c1-30(2,34)28(32)18-23-11-6-7-14-27(23)40(37,38)20-21-10-8-12-22(16-21)26-19-25(31(3,4)39(5,35)36)17-24-13-9-15-33-29(24)26/h6-17,19,28,34H,18,20H2,1-5H3. The third-order valence-corrected chi connectivity index (χ3v) is 11.3. The Morgan fingerprint density at radius 1 is 0.900 bits per heavy atom. The van der Waals surface area contributed by atoms with E-state index in [1.165, 1.54) is 26.2 Å². The van der Waals surface area contributed by atoms with Gasteiger partial charge in [-0.2, -0.15) is 0 Å². The van der Waals surface area contributed by atoms with Gasteiger partial charge in [0, 0.05) is 29.8 Å². The van der Waals surface area contributed by atoms with E-state index in [2.05, 4.69) is 4.98 Å². The second-order valence-corrected chi connectivity index (χ2v) is 15.8. The summed E-state index contributed by atoms with van der Waals surface area (Å²) in [5.74, 6) is -0.322. The van der Waals surface area contributed by atoms with Gasteiger partial charge in [0.15, 0.2) is 19.7 Å². The minimum absolute atomic E-state index is 0.0244. The van der Waals surface area contributed by atoms with Gasteiger partial charge in [0.1, 0.15) is 6.17 Å². The quantitative estimate of drug-likeness (QED) is 0.267. The van der Waals surface area contributed by atoms with Crippen molar-refractivity contribution in [2.24, 2.45) is 0 Å². The molecule has 3 aromatic carbocycles. The predicted molar refractivity (Wildman–Crippen MR) is 157 cm³/mol. The molecule has 1 heterocycles. The molecule has 0 bridgehead atoms. The lowest BCUT2D eigenvalue weighted by Crippen LogP contribution is -2.34. The number of pyridine rings is 1. The van der Waals surface area contributed by atoms with E-state index >= 15 is 0 Å². The van der Waals surface area contributed by atoms with Gasteiger partial charge >= 0.3 is 0 Å². The number of sulfone groups is 2. The number of halogens is 1. The van der Waals surface area contributed by atoms with E-state index in [0.717, 1.165) is 5.39 Å². The summed E-state index contributed by atoms with van der Waals surface area (Å²) in [5.41, 5.74) is 1.87. The molecule has 1 N–H and O–H groups in total. The van der Waals surface area contributed by atoms with E-state index in [9.17, 15) is 26.3 Å². The van der Waals surface area contributed by atoms with Crippen LogP contribution in [0.2, 0.25) is 0 Å². The molecule has 0 saturated carbocycles. The summed E-state index contributed by atoms with van der Waals surface area (Å²) in [6, 6.07) is 20.6. The van der Waals surface area contributed by atoms with E-state index < -0.39 is 36.2 Å². The predicted octanol–water partition coefficient (Wildman–Crippen LogP) is 5.81. The van der Waals surface area contributed by atoms with E-state index in [1.54, 1.807) is 68.6 Å². The normalized spacial score (nSPS) is 13.9. The number of fused-ring (bicyclic) bond motifs is 1. The smallest absolute Gasteiger partial charge is 0.182 e. The zero-order valence-electron chi connectivity index (χ0n) is 23.2. The van der Waals surface area contributed by atoms with Crippen LogP contribution in [0, 0.1) is 0 Å². The fraction of sp³-hybridized carbons (Fsp3) is 0.323. The molecule has 1 atom stereocenters. The van der Waals surface area contributed by atoms with Crippen LogP contribution in [0.3, 0.4) is 0 Å². The van der Waals surface area contributed by atoms with Crippen LogP contribution in [0.4, 0.5) is 4.39 Å². The van der Waals surface area contributed by atoms with E-state index in [0.29, 0.717) is 33.3 Å². The summed E-state index contributed by atoms with van der Waals surface area (Å²) in [6.07, 6.45) is 0.983. The largest absolute Gasteiger partial charge is 0.387 e. The van der Waals surface area contributed by atoms with Crippen molar-refractivity contribution in [2.45, 2.75) is 61.3 Å². The summed E-state index contributed by atoms with van der Waals surface area (Å²) in [4.78, 5) is 4.55. The molecule has 0 radical (unpaired) electrons. The molecular weight excluding hydrogens is 549 g/mol. The minimum Gasteiger partial charge on any atom is -0.387 e. The number of aromatic nitrogens is 1. The second-order valence-electron chi connectivity index (χ2n) is 11.3. The van der Waals surface area contributed by atoms with Crippen molar-refractivity contribution in [3.8, 4) is 11.1 Å². The van der Waals surface area contributed by atoms with Gasteiger partial charge in [-0.15, -0.1) is 0 Å². The SMILES string of the molecule is CC(C)(O)C(F)Cc1ccccc1S(=O)(=O)Cc1cccc(-c2cc(C(C)(C)S(C)(=O)=O)cc3cccnc23)c1. The van der Waals surface area contributed by atoms with Crippen LogP contribution in [-0.2, 0) is 36.6 Å². The molecule has 9 heteroatoms. The molecule has 40 heavy (non-hydrogen) atoms. The first kappa shape index (κ1) is 29.8. The molecular formula is C31H34FNO5S2. The Kier molecular flexibility index (Phi) is 7.97. The topological polar surface area (TPSA) is 101 Å². The molecule has 0 spiro atoms. The molecule has 0 aliphatic rings. The number of aliphatic hydroxyl groups is 1. The molecule has 0 amide bonds. The molecule has 4 aromatic rings. The summed E-state index contributed by atoms with van der Waals surface area (Å²) in [7, 11) is -7.32. The van der Waals surface area contributed by atoms with E-state index in [1.807, 2.05) is 18.2 Å². The Bertz CT molecular complexity index is 1780. The van der Waals surface area contributed by atoms with Crippen LogP contribution in [0.25, 0.3) is 22.0 Å². The number of nitrogens with zero attached hydrogens (tertiary/aromatic N) is 1. The lowest BCUT2D eigenvalue weighted by Gasteiger charge is -2.24. The number of rotatable bonds is 9. The molecule has 1 aromatic heterocycles. The fourth-order valence-electron chi connectivity index (χ4n) is 4.52.